The van der Waals surface area contributed by atoms with E-state index in [0.29, 0.717) is 48.8 Å². The van der Waals surface area contributed by atoms with Gasteiger partial charge in [-0.3, -0.25) is 24.3 Å². The summed E-state index contributed by atoms with van der Waals surface area (Å²) in [6, 6.07) is 18.3. The van der Waals surface area contributed by atoms with Gasteiger partial charge in [-0.05, 0) is 78.1 Å². The number of aliphatic hydroxyl groups is 1. The number of hydrogen-bond acceptors (Lipinski definition) is 12. The van der Waals surface area contributed by atoms with E-state index in [1.165, 1.54) is 16.9 Å². The zero-order chi connectivity index (χ0) is 45.5. The highest BCUT2D eigenvalue weighted by Gasteiger charge is 2.44. The molecule has 3 atom stereocenters. The number of aromatic amines is 1. The van der Waals surface area contributed by atoms with Crippen molar-refractivity contribution >= 4 is 46.7 Å². The first-order valence-corrected chi connectivity index (χ1v) is 22.0. The Morgan fingerprint density at radius 2 is 1.77 bits per heavy atom. The fourth-order valence-corrected chi connectivity index (χ4v) is 8.77. The van der Waals surface area contributed by atoms with Crippen molar-refractivity contribution < 1.29 is 38.6 Å². The molecule has 0 spiro atoms. The van der Waals surface area contributed by atoms with Gasteiger partial charge in [-0.2, -0.15) is 5.10 Å². The number of thiazole rings is 1. The van der Waals surface area contributed by atoms with Crippen LogP contribution in [-0.2, 0) is 25.7 Å². The van der Waals surface area contributed by atoms with Crippen molar-refractivity contribution in [1.82, 2.24) is 40.6 Å². The maximum Gasteiger partial charge on any atom is 0.410 e. The van der Waals surface area contributed by atoms with Crippen molar-refractivity contribution in [1.29, 1.82) is 0 Å². The van der Waals surface area contributed by atoms with Gasteiger partial charge in [0.1, 0.15) is 29.2 Å². The highest BCUT2D eigenvalue weighted by atomic mass is 32.1. The number of piperidine rings is 1. The Labute approximate surface area is 375 Å². The summed E-state index contributed by atoms with van der Waals surface area (Å²) in [5.41, 5.74) is 6.73. The Bertz CT molecular complexity index is 2460. The summed E-state index contributed by atoms with van der Waals surface area (Å²) in [5, 5.41) is 26.0. The number of anilines is 1. The minimum absolute atomic E-state index is 0.0545. The molecule has 0 aliphatic carbocycles. The van der Waals surface area contributed by atoms with Crippen LogP contribution in [0.15, 0.2) is 78.4 Å². The number of likely N-dealkylation sites (tertiary alicyclic amines) is 2. The van der Waals surface area contributed by atoms with Crippen molar-refractivity contribution in [2.45, 2.75) is 77.6 Å². The van der Waals surface area contributed by atoms with E-state index < -0.39 is 59.9 Å². The third-order valence-electron chi connectivity index (χ3n) is 11.5. The van der Waals surface area contributed by atoms with Crippen molar-refractivity contribution in [3.63, 3.8) is 0 Å². The third kappa shape index (κ3) is 10.7. The third-order valence-corrected chi connectivity index (χ3v) is 12.5. The molecule has 5 heterocycles. The summed E-state index contributed by atoms with van der Waals surface area (Å²) < 4.78 is 11.1. The van der Waals surface area contributed by atoms with E-state index in [4.69, 9.17) is 9.47 Å². The topological polar surface area (TPSA) is 221 Å². The second-order valence-electron chi connectivity index (χ2n) is 17.0. The number of nitrogens with one attached hydrogen (secondary N) is 4. The van der Waals surface area contributed by atoms with E-state index >= 15 is 0 Å². The quantitative estimate of drug-likeness (QED) is 0.102. The highest BCUT2D eigenvalue weighted by molar-refractivity contribution is 7.13. The first kappa shape index (κ1) is 45.4. The molecule has 0 bridgehead atoms. The normalized spacial score (nSPS) is 17.1. The number of benzene rings is 2. The number of aliphatic hydroxyl groups excluding tert-OH is 1. The van der Waals surface area contributed by atoms with E-state index in [0.717, 1.165) is 27.3 Å². The molecule has 5 amide bonds. The number of methoxy groups -OCH3 is 1. The second-order valence-corrected chi connectivity index (χ2v) is 17.9. The molecule has 2 aliphatic rings. The molecular formula is C46H53N9O8S. The monoisotopic (exact) mass is 891 g/mol. The second kappa shape index (κ2) is 19.8. The lowest BCUT2D eigenvalue weighted by molar-refractivity contribution is -0.144. The van der Waals surface area contributed by atoms with Crippen LogP contribution in [0.1, 0.15) is 73.3 Å². The minimum atomic E-state index is -1.08. The maximum absolute atomic E-state index is 14.1. The zero-order valence-corrected chi connectivity index (χ0v) is 37.2. The van der Waals surface area contributed by atoms with Gasteiger partial charge in [-0.25, -0.2) is 14.8 Å². The number of pyridine rings is 1. The molecule has 336 valence electrons. The van der Waals surface area contributed by atoms with Gasteiger partial charge in [0.25, 0.3) is 11.8 Å². The lowest BCUT2D eigenvalue weighted by Gasteiger charge is -2.35. The number of aryl methyl sites for hydroxylation is 1. The molecule has 2 aliphatic heterocycles. The molecule has 5 N–H and O–H groups in total. The summed E-state index contributed by atoms with van der Waals surface area (Å²) in [7, 11) is 1.53. The van der Waals surface area contributed by atoms with Gasteiger partial charge in [-0.15, -0.1) is 11.3 Å². The molecule has 0 unspecified atom stereocenters. The molecule has 2 fully saturated rings. The first-order valence-electron chi connectivity index (χ1n) is 21.1. The number of carbonyl (C=O) groups is 5. The Morgan fingerprint density at radius 1 is 1.00 bits per heavy atom. The summed E-state index contributed by atoms with van der Waals surface area (Å²) in [6.45, 7) is 7.61. The van der Waals surface area contributed by atoms with Crippen LogP contribution in [0.4, 0.5) is 10.5 Å². The number of rotatable bonds is 13. The number of ether oxygens (including phenoxy) is 2. The highest BCUT2D eigenvalue weighted by Crippen LogP contribution is 2.35. The van der Waals surface area contributed by atoms with Crippen LogP contribution >= 0.6 is 11.3 Å². The minimum Gasteiger partial charge on any atom is -0.495 e. The lowest BCUT2D eigenvalue weighted by atomic mass is 9.85. The SMILES string of the molecule is COc1cc(C2CCN(C(=O)OCC(=O)N[C@H](C(=O)N3C[C@H](O)C[C@H]3C(=O)NCc3ccc(-c4scnc4C)cc3)C(C)(C)C)CC2)ccc1NC(=O)c1cccc(-c2cc[nH]n2)n1. The summed E-state index contributed by atoms with van der Waals surface area (Å²) >= 11 is 1.56. The molecular weight excluding hydrogens is 839 g/mol. The Kier molecular flexibility index (Phi) is 14.0. The van der Waals surface area contributed by atoms with Crippen LogP contribution in [-0.4, -0.2) is 116 Å². The Morgan fingerprint density at radius 3 is 2.44 bits per heavy atom. The fraction of sp³-hybridized carbons (Fsp3) is 0.391. The van der Waals surface area contributed by atoms with Crippen LogP contribution in [0.25, 0.3) is 21.8 Å². The largest absolute Gasteiger partial charge is 0.495 e. The molecule has 17 nitrogen and oxygen atoms in total. The van der Waals surface area contributed by atoms with Gasteiger partial charge in [-0.1, -0.05) is 57.2 Å². The number of carbonyl (C=O) groups excluding carboxylic acids is 5. The standard InChI is InChI=1S/C46H53N9O8S/c1-27-40(64-26-48-27)30-11-9-28(10-12-30)23-47-43(59)37-22-32(56)24-55(37)44(60)41(46(2,3)4)52-39(57)25-63-45(61)54-19-16-29(17-20-54)31-13-14-35(38(21-31)62-5)51-42(58)36-8-6-7-33(50-36)34-15-18-49-53-34/h6-15,18,21,26,29,32,37,41,56H,16-17,19-20,22-25H2,1-5H3,(H,47,59)(H,49,53)(H,51,58)(H,52,57)/t32-,37+,41-/m1/s1. The van der Waals surface area contributed by atoms with E-state index in [1.807, 2.05) is 43.3 Å². The van der Waals surface area contributed by atoms with Crippen molar-refractivity contribution in [2.75, 3.05) is 38.7 Å². The molecule has 0 radical (unpaired) electrons. The fourth-order valence-electron chi connectivity index (χ4n) is 7.96. The van der Waals surface area contributed by atoms with Gasteiger partial charge in [0.15, 0.2) is 6.61 Å². The van der Waals surface area contributed by atoms with Crippen molar-refractivity contribution in [3.05, 3.63) is 101 Å². The number of amides is 5. The lowest BCUT2D eigenvalue weighted by Crippen LogP contribution is -2.58. The molecule has 3 aromatic heterocycles. The van der Waals surface area contributed by atoms with E-state index in [2.05, 4.69) is 36.1 Å². The van der Waals surface area contributed by atoms with E-state index in [1.54, 1.807) is 74.1 Å². The van der Waals surface area contributed by atoms with Crippen molar-refractivity contribution in [2.24, 2.45) is 5.41 Å². The maximum atomic E-state index is 14.1. The average molecular weight is 892 g/mol. The van der Waals surface area contributed by atoms with Crippen LogP contribution < -0.4 is 20.7 Å². The number of hydrogen-bond donors (Lipinski definition) is 5. The smallest absolute Gasteiger partial charge is 0.410 e. The Balaban J connectivity index is 0.883. The zero-order valence-electron chi connectivity index (χ0n) is 36.4. The molecule has 0 saturated carbocycles. The predicted molar refractivity (Wildman–Crippen MR) is 239 cm³/mol. The van der Waals surface area contributed by atoms with Crippen LogP contribution in [0.2, 0.25) is 0 Å². The number of aromatic nitrogens is 4. The van der Waals surface area contributed by atoms with Crippen LogP contribution in [0.5, 0.6) is 5.75 Å². The van der Waals surface area contributed by atoms with Gasteiger partial charge >= 0.3 is 6.09 Å². The van der Waals surface area contributed by atoms with E-state index in [-0.39, 0.29) is 31.1 Å². The van der Waals surface area contributed by atoms with Crippen LogP contribution in [0.3, 0.4) is 0 Å². The van der Waals surface area contributed by atoms with Gasteiger partial charge in [0, 0.05) is 38.8 Å². The van der Waals surface area contributed by atoms with Gasteiger partial charge < -0.3 is 40.3 Å². The Hall–Kier alpha value is -6.66. The average Bonchev–Trinajstić information content (AvgIpc) is 4.08. The molecule has 2 aromatic carbocycles. The molecule has 64 heavy (non-hydrogen) atoms. The summed E-state index contributed by atoms with van der Waals surface area (Å²) in [4.78, 5) is 79.7. The molecule has 18 heteroatoms. The molecule has 2 saturated heterocycles. The van der Waals surface area contributed by atoms with Crippen LogP contribution in [0, 0.1) is 12.3 Å². The number of β-amino-alcohol motifs (C(OH)–C–C–N with tert-alkyl or cyclic N) is 1. The number of H-pyrrole nitrogens is 1. The molecule has 5 aromatic rings. The summed E-state index contributed by atoms with van der Waals surface area (Å²) in [5.74, 6) is -1.43. The van der Waals surface area contributed by atoms with Gasteiger partial charge in [0.05, 0.1) is 40.7 Å². The molecule has 7 rings (SSSR count). The first-order chi connectivity index (χ1) is 30.7. The van der Waals surface area contributed by atoms with Gasteiger partial charge in [0.2, 0.25) is 11.8 Å². The predicted octanol–water partition coefficient (Wildman–Crippen LogP) is 5.29. The van der Waals surface area contributed by atoms with E-state index in [9.17, 15) is 29.1 Å². The number of nitrogens with zero attached hydrogens (tertiary/aromatic N) is 5. The van der Waals surface area contributed by atoms with Crippen molar-refractivity contribution in [3.8, 4) is 27.6 Å². The summed E-state index contributed by atoms with van der Waals surface area (Å²) in [6.07, 6.45) is 1.41.